The number of phenols is 1. The summed E-state index contributed by atoms with van der Waals surface area (Å²) in [4.78, 5) is 27.1. The van der Waals surface area contributed by atoms with Gasteiger partial charge in [0.2, 0.25) is 5.12 Å². The van der Waals surface area contributed by atoms with Crippen molar-refractivity contribution < 1.29 is 19.4 Å². The molecule has 1 N–H and O–H groups in total. The number of hydrogen-bond donors (Lipinski definition) is 2. The maximum Gasteiger partial charge on any atom is 0.343 e. The van der Waals surface area contributed by atoms with E-state index in [1.165, 1.54) is 19.3 Å². The number of carbonyl (C=O) groups is 2. The Morgan fingerprint density at radius 1 is 0.698 bits per heavy atom. The maximum absolute atomic E-state index is 14.1. The average molecular weight is 611 g/mol. The quantitative estimate of drug-likeness (QED) is 0.122. The number of esters is 1. The molecule has 2 aromatic rings. The molecule has 0 saturated carbocycles. The van der Waals surface area contributed by atoms with Crippen molar-refractivity contribution >= 4 is 23.7 Å². The molecule has 0 atom stereocenters. The van der Waals surface area contributed by atoms with Crippen LogP contribution in [0.5, 0.6) is 11.5 Å². The van der Waals surface area contributed by atoms with E-state index in [1.54, 1.807) is 12.1 Å². The fourth-order valence-corrected chi connectivity index (χ4v) is 5.94. The van der Waals surface area contributed by atoms with Crippen LogP contribution >= 0.6 is 12.6 Å². The van der Waals surface area contributed by atoms with E-state index in [-0.39, 0.29) is 21.7 Å². The first kappa shape index (κ1) is 36.9. The lowest BCUT2D eigenvalue weighted by Gasteiger charge is -2.33. The summed E-state index contributed by atoms with van der Waals surface area (Å²) < 4.78 is 6.47. The summed E-state index contributed by atoms with van der Waals surface area (Å²) in [6, 6.07) is 5.43. The van der Waals surface area contributed by atoms with Gasteiger partial charge in [-0.25, -0.2) is 4.79 Å². The zero-order valence-corrected chi connectivity index (χ0v) is 30.2. The van der Waals surface area contributed by atoms with Crippen molar-refractivity contribution in [3.8, 4) is 11.5 Å². The molecule has 0 heterocycles. The highest BCUT2D eigenvalue weighted by molar-refractivity contribution is 7.97. The Balaban J connectivity index is 2.83. The molecule has 0 spiro atoms. The lowest BCUT2D eigenvalue weighted by molar-refractivity contribution is 0.0728. The van der Waals surface area contributed by atoms with Crippen LogP contribution in [0.25, 0.3) is 0 Å². The molecule has 0 aliphatic rings. The summed E-state index contributed by atoms with van der Waals surface area (Å²) in [5.74, 6) is 0.287. The Morgan fingerprint density at radius 3 is 1.58 bits per heavy atom. The van der Waals surface area contributed by atoms with Crippen LogP contribution in [0.2, 0.25) is 0 Å². The Bertz CT molecular complexity index is 1270. The van der Waals surface area contributed by atoms with Crippen LogP contribution in [-0.2, 0) is 28.1 Å². The van der Waals surface area contributed by atoms with Crippen LogP contribution in [0, 0.1) is 0 Å². The van der Waals surface area contributed by atoms with Gasteiger partial charge in [0.25, 0.3) is 0 Å². The van der Waals surface area contributed by atoms with E-state index in [4.69, 9.17) is 4.74 Å². The van der Waals surface area contributed by atoms with Gasteiger partial charge in [0, 0.05) is 27.8 Å². The van der Waals surface area contributed by atoms with E-state index in [0.29, 0.717) is 28.0 Å². The molecule has 0 aliphatic carbocycles. The molecule has 0 aromatic heterocycles. The fraction of sp³-hybridized carbons (Fsp3) is 0.632. The summed E-state index contributed by atoms with van der Waals surface area (Å²) in [7, 11) is 0. The third-order valence-electron chi connectivity index (χ3n) is 8.11. The molecule has 0 saturated heterocycles. The largest absolute Gasteiger partial charge is 0.507 e. The first-order chi connectivity index (χ1) is 19.5. The lowest BCUT2D eigenvalue weighted by Crippen LogP contribution is -2.26. The summed E-state index contributed by atoms with van der Waals surface area (Å²) in [5, 5.41) is 11.0. The molecule has 240 valence electrons. The second kappa shape index (κ2) is 13.8. The number of thiol groups is 1. The fourth-order valence-electron chi connectivity index (χ4n) is 5.74. The molecule has 0 radical (unpaired) electrons. The van der Waals surface area contributed by atoms with Gasteiger partial charge in [-0.05, 0) is 58.3 Å². The average Bonchev–Trinajstić information content (AvgIpc) is 2.82. The smallest absolute Gasteiger partial charge is 0.343 e. The van der Waals surface area contributed by atoms with E-state index in [2.05, 4.69) is 61.1 Å². The zero-order valence-electron chi connectivity index (χ0n) is 29.3. The SMILES string of the molecule is CCCCCCCCc1c(C(=O)S)cc(C(C)(C)C)c(OC(=O)c2cc(C(C)(C)C)c(O)c(C(C)(C)C)c2)c1C(C)(C)C. The summed E-state index contributed by atoms with van der Waals surface area (Å²) in [6.45, 7) is 26.9. The minimum Gasteiger partial charge on any atom is -0.507 e. The molecular weight excluding hydrogens is 552 g/mol. The van der Waals surface area contributed by atoms with E-state index >= 15 is 0 Å². The van der Waals surface area contributed by atoms with E-state index in [1.807, 2.05) is 47.6 Å². The lowest BCUT2D eigenvalue weighted by atomic mass is 9.74. The highest BCUT2D eigenvalue weighted by Gasteiger charge is 2.35. The molecule has 4 nitrogen and oxygen atoms in total. The van der Waals surface area contributed by atoms with Gasteiger partial charge in [0.05, 0.1) is 5.56 Å². The summed E-state index contributed by atoms with van der Waals surface area (Å²) in [6.07, 6.45) is 7.56. The van der Waals surface area contributed by atoms with Gasteiger partial charge < -0.3 is 9.84 Å². The van der Waals surface area contributed by atoms with Crippen molar-refractivity contribution in [3.05, 3.63) is 57.1 Å². The highest BCUT2D eigenvalue weighted by atomic mass is 32.1. The van der Waals surface area contributed by atoms with Gasteiger partial charge in [-0.3, -0.25) is 4.79 Å². The maximum atomic E-state index is 14.1. The molecule has 43 heavy (non-hydrogen) atoms. The zero-order chi connectivity index (χ0) is 33.1. The van der Waals surface area contributed by atoms with Crippen LogP contribution in [0.15, 0.2) is 18.2 Å². The topological polar surface area (TPSA) is 63.6 Å². The van der Waals surface area contributed by atoms with Crippen LogP contribution in [0.3, 0.4) is 0 Å². The molecule has 5 heteroatoms. The number of phenolic OH excluding ortho intramolecular Hbond substituents is 1. The third kappa shape index (κ3) is 9.36. The summed E-state index contributed by atoms with van der Waals surface area (Å²) in [5.41, 5.74) is 3.46. The molecule has 0 amide bonds. The second-order valence-electron chi connectivity index (χ2n) is 16.3. The van der Waals surface area contributed by atoms with Gasteiger partial charge in [-0.15, -0.1) is 12.6 Å². The van der Waals surface area contributed by atoms with E-state index in [9.17, 15) is 14.7 Å². The molecule has 0 fully saturated rings. The number of ether oxygens (including phenoxy) is 1. The summed E-state index contributed by atoms with van der Waals surface area (Å²) >= 11 is 4.31. The van der Waals surface area contributed by atoms with Crippen molar-refractivity contribution in [1.29, 1.82) is 0 Å². The van der Waals surface area contributed by atoms with Crippen LogP contribution in [-0.4, -0.2) is 16.2 Å². The molecule has 0 bridgehead atoms. The van der Waals surface area contributed by atoms with Crippen molar-refractivity contribution in [1.82, 2.24) is 0 Å². The molecule has 0 aliphatic heterocycles. The first-order valence-corrected chi connectivity index (χ1v) is 16.5. The van der Waals surface area contributed by atoms with Gasteiger partial charge >= 0.3 is 5.97 Å². The van der Waals surface area contributed by atoms with Crippen LogP contribution in [0.4, 0.5) is 0 Å². The minimum absolute atomic E-state index is 0.222. The first-order valence-electron chi connectivity index (χ1n) is 16.1. The number of benzene rings is 2. The molecule has 0 unspecified atom stereocenters. The Labute approximate surface area is 267 Å². The van der Waals surface area contributed by atoms with Crippen LogP contribution in [0.1, 0.15) is 177 Å². The number of carbonyl (C=O) groups excluding carboxylic acids is 2. The van der Waals surface area contributed by atoms with Crippen molar-refractivity contribution in [2.75, 3.05) is 0 Å². The Hall–Kier alpha value is -2.27. The monoisotopic (exact) mass is 610 g/mol. The number of hydrogen-bond acceptors (Lipinski definition) is 4. The van der Waals surface area contributed by atoms with Gasteiger partial charge in [0.1, 0.15) is 11.5 Å². The standard InChI is InChI=1S/C38H58O4S/c1-14-15-16-17-18-19-20-25-26(34(41)43)23-29(37(8,9)10)32(30(25)38(11,12)13)42-33(40)24-21-27(35(2,3)4)31(39)28(22-24)36(5,6)7/h21-23,39H,14-20H2,1-13H3,(H,41,43). The van der Waals surface area contributed by atoms with E-state index in [0.717, 1.165) is 42.4 Å². The van der Waals surface area contributed by atoms with Gasteiger partial charge in [-0.1, -0.05) is 122 Å². The normalized spacial score (nSPS) is 12.9. The predicted octanol–water partition coefficient (Wildman–Crippen LogP) is 10.8. The van der Waals surface area contributed by atoms with Gasteiger partial charge in [0.15, 0.2) is 0 Å². The molecule has 2 rings (SSSR count). The Morgan fingerprint density at radius 2 is 1.16 bits per heavy atom. The number of unbranched alkanes of at least 4 members (excludes halogenated alkanes) is 5. The number of aromatic hydroxyl groups is 1. The van der Waals surface area contributed by atoms with Gasteiger partial charge in [-0.2, -0.15) is 0 Å². The third-order valence-corrected chi connectivity index (χ3v) is 8.35. The van der Waals surface area contributed by atoms with Crippen LogP contribution < -0.4 is 4.74 Å². The molecule has 2 aromatic carbocycles. The highest BCUT2D eigenvalue weighted by Crippen LogP contribution is 2.45. The number of rotatable bonds is 10. The molecular formula is C38H58O4S. The van der Waals surface area contributed by atoms with Crippen molar-refractivity contribution in [2.45, 2.75) is 157 Å². The van der Waals surface area contributed by atoms with Crippen molar-refractivity contribution in [3.63, 3.8) is 0 Å². The second-order valence-corrected chi connectivity index (χ2v) is 16.7. The van der Waals surface area contributed by atoms with E-state index < -0.39 is 16.8 Å². The van der Waals surface area contributed by atoms with Crippen molar-refractivity contribution in [2.24, 2.45) is 0 Å². The Kier molecular flexibility index (Phi) is 11.8. The minimum atomic E-state index is -0.470. The predicted molar refractivity (Wildman–Crippen MR) is 185 cm³/mol.